The molecular formula is C25H19N5OS. The molecule has 0 aliphatic rings. The lowest BCUT2D eigenvalue weighted by molar-refractivity contribution is -0.113. The summed E-state index contributed by atoms with van der Waals surface area (Å²) in [7, 11) is 0. The van der Waals surface area contributed by atoms with E-state index in [-0.39, 0.29) is 11.7 Å². The lowest BCUT2D eigenvalue weighted by Crippen LogP contribution is -2.14. The predicted octanol–water partition coefficient (Wildman–Crippen LogP) is 5.21. The van der Waals surface area contributed by atoms with E-state index >= 15 is 0 Å². The van der Waals surface area contributed by atoms with Gasteiger partial charge in [0.15, 0.2) is 0 Å². The molecule has 2 heterocycles. The largest absolute Gasteiger partial charge is 0.325 e. The minimum atomic E-state index is -0.0774. The summed E-state index contributed by atoms with van der Waals surface area (Å²) < 4.78 is 1.80. The zero-order chi connectivity index (χ0) is 21.8. The van der Waals surface area contributed by atoms with E-state index in [9.17, 15) is 4.79 Å². The summed E-state index contributed by atoms with van der Waals surface area (Å²) in [6, 6.07) is 27.5. The Labute approximate surface area is 189 Å². The third-order valence-electron chi connectivity index (χ3n) is 4.99. The zero-order valence-corrected chi connectivity index (χ0v) is 17.9. The summed E-state index contributed by atoms with van der Waals surface area (Å²) in [6.07, 6.45) is 3.65. The fourth-order valence-corrected chi connectivity index (χ4v) is 4.03. The van der Waals surface area contributed by atoms with Crippen molar-refractivity contribution in [2.45, 2.75) is 5.03 Å². The maximum absolute atomic E-state index is 12.5. The van der Waals surface area contributed by atoms with Crippen molar-refractivity contribution in [3.8, 4) is 16.9 Å². The Kier molecular flexibility index (Phi) is 5.63. The topological polar surface area (TPSA) is 72.7 Å². The van der Waals surface area contributed by atoms with Gasteiger partial charge in [-0.3, -0.25) is 4.79 Å². The van der Waals surface area contributed by atoms with Crippen LogP contribution in [0.5, 0.6) is 0 Å². The van der Waals surface area contributed by atoms with E-state index in [0.717, 1.165) is 33.4 Å². The second-order valence-corrected chi connectivity index (χ2v) is 8.11. The monoisotopic (exact) mass is 437 g/mol. The first-order valence-corrected chi connectivity index (χ1v) is 11.1. The number of anilines is 1. The molecular weight excluding hydrogens is 418 g/mol. The highest BCUT2D eigenvalue weighted by Gasteiger charge is 2.08. The van der Waals surface area contributed by atoms with Gasteiger partial charge in [0.1, 0.15) is 5.03 Å². The van der Waals surface area contributed by atoms with E-state index in [2.05, 4.69) is 20.6 Å². The smallest absolute Gasteiger partial charge is 0.234 e. The van der Waals surface area contributed by atoms with Gasteiger partial charge in [0.25, 0.3) is 0 Å². The number of fused-ring (bicyclic) bond motifs is 1. The van der Waals surface area contributed by atoms with Crippen LogP contribution in [0.1, 0.15) is 0 Å². The SMILES string of the molecule is O=C(CSc1ccc(-c2ccc(-n3cccn3)cc2)nn1)Nc1cccc2ccccc12. The molecule has 5 aromatic rings. The van der Waals surface area contributed by atoms with E-state index in [0.29, 0.717) is 5.03 Å². The van der Waals surface area contributed by atoms with Crippen molar-refractivity contribution in [3.05, 3.63) is 97.3 Å². The summed E-state index contributed by atoms with van der Waals surface area (Å²) in [5, 5.41) is 18.6. The third kappa shape index (κ3) is 4.38. The van der Waals surface area contributed by atoms with Crippen LogP contribution >= 0.6 is 11.8 Å². The number of nitrogens with one attached hydrogen (secondary N) is 1. The van der Waals surface area contributed by atoms with E-state index in [4.69, 9.17) is 0 Å². The number of aromatic nitrogens is 4. The lowest BCUT2D eigenvalue weighted by Gasteiger charge is -2.08. The highest BCUT2D eigenvalue weighted by molar-refractivity contribution is 7.99. The number of amides is 1. The molecule has 32 heavy (non-hydrogen) atoms. The van der Waals surface area contributed by atoms with Gasteiger partial charge >= 0.3 is 0 Å². The number of hydrogen-bond donors (Lipinski definition) is 1. The third-order valence-corrected chi connectivity index (χ3v) is 5.91. The van der Waals surface area contributed by atoms with Gasteiger partial charge in [-0.15, -0.1) is 10.2 Å². The number of thioether (sulfide) groups is 1. The summed E-state index contributed by atoms with van der Waals surface area (Å²) in [5.41, 5.74) is 3.55. The molecule has 2 aromatic heterocycles. The summed E-state index contributed by atoms with van der Waals surface area (Å²) >= 11 is 1.36. The van der Waals surface area contributed by atoms with Gasteiger partial charge < -0.3 is 5.32 Å². The van der Waals surface area contributed by atoms with Crippen LogP contribution < -0.4 is 5.32 Å². The first-order valence-electron chi connectivity index (χ1n) is 10.1. The summed E-state index contributed by atoms with van der Waals surface area (Å²) in [6.45, 7) is 0. The molecule has 3 aromatic carbocycles. The molecule has 0 unspecified atom stereocenters. The van der Waals surface area contributed by atoms with Crippen LogP contribution in [0.3, 0.4) is 0 Å². The quantitative estimate of drug-likeness (QED) is 0.369. The van der Waals surface area contributed by atoms with Gasteiger partial charge in [-0.2, -0.15) is 5.10 Å². The number of nitrogens with zero attached hydrogens (tertiary/aromatic N) is 4. The van der Waals surface area contributed by atoms with Crippen molar-refractivity contribution in [1.29, 1.82) is 0 Å². The van der Waals surface area contributed by atoms with Crippen molar-refractivity contribution in [2.75, 3.05) is 11.1 Å². The van der Waals surface area contributed by atoms with Crippen molar-refractivity contribution in [3.63, 3.8) is 0 Å². The van der Waals surface area contributed by atoms with Crippen molar-refractivity contribution in [2.24, 2.45) is 0 Å². The summed E-state index contributed by atoms with van der Waals surface area (Å²) in [5.74, 6) is 0.182. The van der Waals surface area contributed by atoms with Crippen molar-refractivity contribution >= 4 is 34.1 Å². The number of benzene rings is 3. The van der Waals surface area contributed by atoms with Crippen LogP contribution in [-0.4, -0.2) is 31.6 Å². The van der Waals surface area contributed by atoms with Gasteiger partial charge in [0.2, 0.25) is 5.91 Å². The number of hydrogen-bond acceptors (Lipinski definition) is 5. The van der Waals surface area contributed by atoms with E-state index in [1.54, 1.807) is 10.9 Å². The molecule has 7 heteroatoms. The average Bonchev–Trinajstić information content (AvgIpc) is 3.39. The molecule has 156 valence electrons. The zero-order valence-electron chi connectivity index (χ0n) is 17.1. The van der Waals surface area contributed by atoms with Crippen LogP contribution in [-0.2, 0) is 4.79 Å². The average molecular weight is 438 g/mol. The van der Waals surface area contributed by atoms with Gasteiger partial charge in [-0.05, 0) is 41.8 Å². The minimum absolute atomic E-state index is 0.0774. The predicted molar refractivity (Wildman–Crippen MR) is 128 cm³/mol. The number of carbonyl (C=O) groups excluding carboxylic acids is 1. The highest BCUT2D eigenvalue weighted by atomic mass is 32.2. The Bertz CT molecular complexity index is 1340. The van der Waals surface area contributed by atoms with Crippen LogP contribution in [0.15, 0.2) is 102 Å². The molecule has 0 fully saturated rings. The molecule has 0 bridgehead atoms. The molecule has 0 aliphatic carbocycles. The first-order chi connectivity index (χ1) is 15.8. The molecule has 0 aliphatic heterocycles. The van der Waals surface area contributed by atoms with E-state index in [1.807, 2.05) is 91.1 Å². The molecule has 0 saturated heterocycles. The maximum atomic E-state index is 12.5. The molecule has 0 atom stereocenters. The molecule has 1 amide bonds. The molecule has 0 radical (unpaired) electrons. The fourth-order valence-electron chi connectivity index (χ4n) is 3.42. The molecule has 1 N–H and O–H groups in total. The Morgan fingerprint density at radius 1 is 0.875 bits per heavy atom. The van der Waals surface area contributed by atoms with E-state index in [1.165, 1.54) is 11.8 Å². The van der Waals surface area contributed by atoms with Crippen LogP contribution in [0.2, 0.25) is 0 Å². The Hall–Kier alpha value is -3.97. The van der Waals surface area contributed by atoms with E-state index < -0.39 is 0 Å². The Morgan fingerprint density at radius 3 is 2.50 bits per heavy atom. The molecule has 0 spiro atoms. The van der Waals surface area contributed by atoms with Gasteiger partial charge in [-0.1, -0.05) is 60.3 Å². The van der Waals surface area contributed by atoms with Crippen LogP contribution in [0, 0.1) is 0 Å². The number of rotatable bonds is 6. The fraction of sp³-hybridized carbons (Fsp3) is 0.0400. The minimum Gasteiger partial charge on any atom is -0.325 e. The molecule has 0 saturated carbocycles. The van der Waals surface area contributed by atoms with Gasteiger partial charge in [0, 0.05) is 29.0 Å². The van der Waals surface area contributed by atoms with Crippen LogP contribution in [0.25, 0.3) is 27.7 Å². The van der Waals surface area contributed by atoms with Gasteiger partial charge in [0.05, 0.1) is 17.1 Å². The highest BCUT2D eigenvalue weighted by Crippen LogP contribution is 2.24. The Morgan fingerprint density at radius 2 is 1.72 bits per heavy atom. The standard InChI is InChI=1S/C25H19N5OS/c31-24(27-23-8-3-6-18-5-1-2-7-21(18)23)17-32-25-14-13-22(28-29-25)19-9-11-20(12-10-19)30-16-4-15-26-30/h1-16H,17H2,(H,27,31). The normalized spacial score (nSPS) is 10.9. The summed E-state index contributed by atoms with van der Waals surface area (Å²) in [4.78, 5) is 12.5. The lowest BCUT2D eigenvalue weighted by atomic mass is 10.1. The molecule has 5 rings (SSSR count). The van der Waals surface area contributed by atoms with Crippen molar-refractivity contribution in [1.82, 2.24) is 20.0 Å². The second kappa shape index (κ2) is 9.03. The second-order valence-electron chi connectivity index (χ2n) is 7.12. The van der Waals surface area contributed by atoms with Gasteiger partial charge in [-0.25, -0.2) is 4.68 Å². The Balaban J connectivity index is 1.21. The first kappa shape index (κ1) is 20.0. The van der Waals surface area contributed by atoms with Crippen molar-refractivity contribution < 1.29 is 4.79 Å². The maximum Gasteiger partial charge on any atom is 0.234 e. The molecule has 6 nitrogen and oxygen atoms in total. The van der Waals surface area contributed by atoms with Crippen LogP contribution in [0.4, 0.5) is 5.69 Å². The number of carbonyl (C=O) groups is 1.